The molecule has 0 radical (unpaired) electrons. The van der Waals surface area contributed by atoms with Gasteiger partial charge in [0.15, 0.2) is 5.96 Å². The molecule has 0 aliphatic heterocycles. The lowest BCUT2D eigenvalue weighted by atomic mass is 10.4. The molecule has 0 spiro atoms. The van der Waals surface area contributed by atoms with Gasteiger partial charge < -0.3 is 10.6 Å². The van der Waals surface area contributed by atoms with Gasteiger partial charge in [-0.3, -0.25) is 9.67 Å². The Bertz CT molecular complexity index is 530. The second kappa shape index (κ2) is 7.69. The third-order valence-electron chi connectivity index (χ3n) is 2.87. The van der Waals surface area contributed by atoms with Crippen LogP contribution in [0.3, 0.4) is 0 Å². The van der Waals surface area contributed by atoms with Gasteiger partial charge in [-0.15, -0.1) is 11.3 Å². The molecule has 108 valence electrons. The third kappa shape index (κ3) is 4.70. The number of aryl methyl sites for hydroxylation is 2. The van der Waals surface area contributed by atoms with Crippen LogP contribution in [0.5, 0.6) is 0 Å². The zero-order valence-corrected chi connectivity index (χ0v) is 12.8. The van der Waals surface area contributed by atoms with Crippen LogP contribution in [0.4, 0.5) is 0 Å². The van der Waals surface area contributed by atoms with Gasteiger partial charge in [0.2, 0.25) is 0 Å². The van der Waals surface area contributed by atoms with E-state index in [4.69, 9.17) is 0 Å². The molecule has 2 heterocycles. The Labute approximate surface area is 123 Å². The van der Waals surface area contributed by atoms with Gasteiger partial charge in [0, 0.05) is 42.3 Å². The minimum absolute atomic E-state index is 0.817. The highest BCUT2D eigenvalue weighted by atomic mass is 32.1. The number of thiophene rings is 1. The largest absolute Gasteiger partial charge is 0.356 e. The average molecular weight is 291 g/mol. The van der Waals surface area contributed by atoms with Crippen LogP contribution >= 0.6 is 11.3 Å². The molecule has 5 nitrogen and oxygen atoms in total. The summed E-state index contributed by atoms with van der Waals surface area (Å²) in [6, 6.07) is 6.23. The SMILES string of the molecule is CN=C(NCCCn1cccn1)NCc1ccc(C)s1. The molecule has 0 bridgehead atoms. The van der Waals surface area contributed by atoms with Crippen molar-refractivity contribution in [2.24, 2.45) is 4.99 Å². The molecule has 0 unspecified atom stereocenters. The van der Waals surface area contributed by atoms with Crippen molar-refractivity contribution in [3.8, 4) is 0 Å². The van der Waals surface area contributed by atoms with Crippen molar-refractivity contribution in [3.05, 3.63) is 40.3 Å². The molecule has 2 aromatic rings. The fraction of sp³-hybridized carbons (Fsp3) is 0.429. The topological polar surface area (TPSA) is 54.2 Å². The van der Waals surface area contributed by atoms with Gasteiger partial charge in [-0.2, -0.15) is 5.10 Å². The number of aliphatic imine (C=N–C) groups is 1. The Hall–Kier alpha value is -1.82. The first-order chi connectivity index (χ1) is 9.78. The standard InChI is InChI=1S/C14H21N5S/c1-12-5-6-13(20-12)11-17-14(15-2)16-7-3-9-19-10-4-8-18-19/h4-6,8,10H,3,7,9,11H2,1-2H3,(H2,15,16,17). The molecule has 2 rings (SSSR count). The number of nitrogens with zero attached hydrogens (tertiary/aromatic N) is 3. The number of guanidine groups is 1. The monoisotopic (exact) mass is 291 g/mol. The molecular formula is C14H21N5S. The first-order valence-corrected chi connectivity index (χ1v) is 7.57. The van der Waals surface area contributed by atoms with Crippen LogP contribution in [0, 0.1) is 6.92 Å². The van der Waals surface area contributed by atoms with Gasteiger partial charge in [-0.05, 0) is 31.5 Å². The third-order valence-corrected chi connectivity index (χ3v) is 3.87. The van der Waals surface area contributed by atoms with Gasteiger partial charge in [0.1, 0.15) is 0 Å². The maximum absolute atomic E-state index is 4.22. The first kappa shape index (κ1) is 14.6. The predicted molar refractivity (Wildman–Crippen MR) is 84.1 cm³/mol. The number of aromatic nitrogens is 2. The van der Waals surface area contributed by atoms with Gasteiger partial charge >= 0.3 is 0 Å². The molecule has 0 saturated heterocycles. The summed E-state index contributed by atoms with van der Waals surface area (Å²) >= 11 is 1.81. The fourth-order valence-electron chi connectivity index (χ4n) is 1.85. The van der Waals surface area contributed by atoms with Crippen LogP contribution < -0.4 is 10.6 Å². The Balaban J connectivity index is 1.65. The minimum Gasteiger partial charge on any atom is -0.356 e. The van der Waals surface area contributed by atoms with Gasteiger partial charge in [0.25, 0.3) is 0 Å². The van der Waals surface area contributed by atoms with Crippen molar-refractivity contribution >= 4 is 17.3 Å². The van der Waals surface area contributed by atoms with Gasteiger partial charge in [-0.1, -0.05) is 0 Å². The summed E-state index contributed by atoms with van der Waals surface area (Å²) in [5.41, 5.74) is 0. The quantitative estimate of drug-likeness (QED) is 0.486. The Morgan fingerprint density at radius 1 is 1.40 bits per heavy atom. The van der Waals surface area contributed by atoms with E-state index < -0.39 is 0 Å². The van der Waals surface area contributed by atoms with E-state index in [0.29, 0.717) is 0 Å². The van der Waals surface area contributed by atoms with Gasteiger partial charge in [0.05, 0.1) is 6.54 Å². The molecule has 2 N–H and O–H groups in total. The summed E-state index contributed by atoms with van der Waals surface area (Å²) in [5, 5.41) is 10.8. The van der Waals surface area contributed by atoms with Crippen molar-refractivity contribution < 1.29 is 0 Å². The van der Waals surface area contributed by atoms with Crippen LogP contribution in [-0.4, -0.2) is 29.3 Å². The molecule has 0 fully saturated rings. The molecule has 20 heavy (non-hydrogen) atoms. The molecule has 0 aromatic carbocycles. The summed E-state index contributed by atoms with van der Waals surface area (Å²) < 4.78 is 1.94. The summed E-state index contributed by atoms with van der Waals surface area (Å²) in [6.07, 6.45) is 4.80. The number of hydrogen-bond acceptors (Lipinski definition) is 3. The maximum Gasteiger partial charge on any atom is 0.191 e. The lowest BCUT2D eigenvalue weighted by molar-refractivity contribution is 0.570. The summed E-state index contributed by atoms with van der Waals surface area (Å²) in [7, 11) is 1.79. The molecule has 2 aromatic heterocycles. The zero-order valence-electron chi connectivity index (χ0n) is 12.0. The minimum atomic E-state index is 0.817. The van der Waals surface area contributed by atoms with E-state index >= 15 is 0 Å². The van der Waals surface area contributed by atoms with E-state index in [9.17, 15) is 0 Å². The predicted octanol–water partition coefficient (Wildman–Crippen LogP) is 2.01. The Morgan fingerprint density at radius 3 is 2.95 bits per heavy atom. The average Bonchev–Trinajstić information content (AvgIpc) is 3.09. The fourth-order valence-corrected chi connectivity index (χ4v) is 2.68. The molecular weight excluding hydrogens is 270 g/mol. The first-order valence-electron chi connectivity index (χ1n) is 6.75. The highest BCUT2D eigenvalue weighted by Gasteiger charge is 2.00. The molecule has 0 aliphatic carbocycles. The summed E-state index contributed by atoms with van der Waals surface area (Å²) in [5.74, 6) is 0.844. The zero-order chi connectivity index (χ0) is 14.2. The highest BCUT2D eigenvalue weighted by molar-refractivity contribution is 7.11. The van der Waals surface area contributed by atoms with Gasteiger partial charge in [-0.25, -0.2) is 0 Å². The van der Waals surface area contributed by atoms with Crippen LogP contribution in [0.15, 0.2) is 35.6 Å². The normalized spacial score (nSPS) is 11.6. The smallest absolute Gasteiger partial charge is 0.191 e. The van der Waals surface area contributed by atoms with E-state index in [1.807, 2.05) is 28.3 Å². The van der Waals surface area contributed by atoms with E-state index in [0.717, 1.165) is 32.0 Å². The van der Waals surface area contributed by atoms with Crippen LogP contribution in [0.1, 0.15) is 16.2 Å². The van der Waals surface area contributed by atoms with Crippen LogP contribution in [-0.2, 0) is 13.1 Å². The van der Waals surface area contributed by atoms with E-state index in [-0.39, 0.29) is 0 Å². The molecule has 0 saturated carbocycles. The lowest BCUT2D eigenvalue weighted by Gasteiger charge is -2.11. The van der Waals surface area contributed by atoms with E-state index in [1.54, 1.807) is 13.2 Å². The van der Waals surface area contributed by atoms with Crippen molar-refractivity contribution in [2.75, 3.05) is 13.6 Å². The molecule has 0 amide bonds. The number of hydrogen-bond donors (Lipinski definition) is 2. The second-order valence-electron chi connectivity index (χ2n) is 4.49. The Kier molecular flexibility index (Phi) is 5.61. The molecule has 6 heteroatoms. The van der Waals surface area contributed by atoms with E-state index in [2.05, 4.69) is 39.8 Å². The van der Waals surface area contributed by atoms with Crippen molar-refractivity contribution in [1.82, 2.24) is 20.4 Å². The summed E-state index contributed by atoms with van der Waals surface area (Å²) in [4.78, 5) is 6.88. The highest BCUT2D eigenvalue weighted by Crippen LogP contribution is 2.14. The maximum atomic E-state index is 4.22. The second-order valence-corrected chi connectivity index (χ2v) is 5.86. The van der Waals surface area contributed by atoms with Crippen LogP contribution in [0.25, 0.3) is 0 Å². The van der Waals surface area contributed by atoms with Crippen LogP contribution in [0.2, 0.25) is 0 Å². The molecule has 0 aliphatic rings. The van der Waals surface area contributed by atoms with Crippen molar-refractivity contribution in [2.45, 2.75) is 26.4 Å². The van der Waals surface area contributed by atoms with Crippen molar-refractivity contribution in [1.29, 1.82) is 0 Å². The lowest BCUT2D eigenvalue weighted by Crippen LogP contribution is -2.37. The van der Waals surface area contributed by atoms with Crippen molar-refractivity contribution in [3.63, 3.8) is 0 Å². The van der Waals surface area contributed by atoms with E-state index in [1.165, 1.54) is 9.75 Å². The number of nitrogens with one attached hydrogen (secondary N) is 2. The molecule has 0 atom stereocenters. The summed E-state index contributed by atoms with van der Waals surface area (Å²) in [6.45, 7) is 4.73. The Morgan fingerprint density at radius 2 is 2.30 bits per heavy atom. The number of rotatable bonds is 6.